The van der Waals surface area contributed by atoms with Gasteiger partial charge in [-0.1, -0.05) is 42.5 Å². The molecule has 1 amide bonds. The lowest BCUT2D eigenvalue weighted by molar-refractivity contribution is -0.130. The zero-order chi connectivity index (χ0) is 13.8. The zero-order valence-corrected chi connectivity index (χ0v) is 10.9. The average molecular weight is 269 g/mol. The van der Waals surface area contributed by atoms with E-state index in [0.717, 1.165) is 5.56 Å². The first-order valence-electron chi connectivity index (χ1n) is 6.53. The lowest BCUT2D eigenvalue weighted by Gasteiger charge is -2.25. The van der Waals surface area contributed by atoms with Crippen molar-refractivity contribution in [2.75, 3.05) is 6.61 Å². The number of rotatable bonds is 3. The highest BCUT2D eigenvalue weighted by Crippen LogP contribution is 2.30. The SMILES string of the molecule is O=C(NCc1ccccc1)[C@H]1COc2ccccc2O1. The molecule has 4 heteroatoms. The molecule has 0 saturated carbocycles. The van der Waals surface area contributed by atoms with E-state index < -0.39 is 6.10 Å². The molecule has 1 aliphatic rings. The molecule has 2 aromatic rings. The minimum Gasteiger partial charge on any atom is -0.485 e. The second-order valence-corrected chi connectivity index (χ2v) is 4.57. The zero-order valence-electron chi connectivity index (χ0n) is 10.9. The van der Waals surface area contributed by atoms with Crippen LogP contribution in [0.1, 0.15) is 5.56 Å². The van der Waals surface area contributed by atoms with E-state index in [9.17, 15) is 4.79 Å². The van der Waals surface area contributed by atoms with Crippen LogP contribution in [0.3, 0.4) is 0 Å². The number of carbonyl (C=O) groups excluding carboxylic acids is 1. The largest absolute Gasteiger partial charge is 0.485 e. The molecule has 0 radical (unpaired) electrons. The van der Waals surface area contributed by atoms with Crippen LogP contribution in [0, 0.1) is 0 Å². The molecule has 102 valence electrons. The Kier molecular flexibility index (Phi) is 3.54. The fourth-order valence-electron chi connectivity index (χ4n) is 2.05. The van der Waals surface area contributed by atoms with Crippen LogP contribution in [0.4, 0.5) is 0 Å². The van der Waals surface area contributed by atoms with Gasteiger partial charge in [-0.3, -0.25) is 4.79 Å². The maximum Gasteiger partial charge on any atom is 0.264 e. The van der Waals surface area contributed by atoms with Crippen LogP contribution in [-0.2, 0) is 11.3 Å². The highest BCUT2D eigenvalue weighted by atomic mass is 16.6. The highest BCUT2D eigenvalue weighted by molar-refractivity contribution is 5.81. The highest BCUT2D eigenvalue weighted by Gasteiger charge is 2.26. The van der Waals surface area contributed by atoms with Gasteiger partial charge in [-0.05, 0) is 17.7 Å². The summed E-state index contributed by atoms with van der Waals surface area (Å²) in [4.78, 5) is 12.1. The van der Waals surface area contributed by atoms with E-state index in [-0.39, 0.29) is 12.5 Å². The number of para-hydroxylation sites is 2. The molecule has 0 fully saturated rings. The second kappa shape index (κ2) is 5.65. The lowest BCUT2D eigenvalue weighted by atomic mass is 10.2. The van der Waals surface area contributed by atoms with Crippen LogP contribution < -0.4 is 14.8 Å². The van der Waals surface area contributed by atoms with Gasteiger partial charge in [0.15, 0.2) is 11.5 Å². The maximum atomic E-state index is 12.1. The summed E-state index contributed by atoms with van der Waals surface area (Å²) >= 11 is 0. The number of hydrogen-bond donors (Lipinski definition) is 1. The minimum atomic E-state index is -0.603. The molecule has 4 nitrogen and oxygen atoms in total. The number of benzene rings is 2. The Balaban J connectivity index is 1.59. The van der Waals surface area contributed by atoms with E-state index in [1.54, 1.807) is 6.07 Å². The molecular weight excluding hydrogens is 254 g/mol. The van der Waals surface area contributed by atoms with Crippen molar-refractivity contribution in [1.29, 1.82) is 0 Å². The van der Waals surface area contributed by atoms with Crippen molar-refractivity contribution >= 4 is 5.91 Å². The van der Waals surface area contributed by atoms with Crippen LogP contribution >= 0.6 is 0 Å². The molecule has 0 spiro atoms. The molecule has 0 aromatic heterocycles. The lowest BCUT2D eigenvalue weighted by Crippen LogP contribution is -2.43. The summed E-state index contributed by atoms with van der Waals surface area (Å²) in [6.07, 6.45) is -0.603. The first-order valence-corrected chi connectivity index (χ1v) is 6.53. The van der Waals surface area contributed by atoms with Gasteiger partial charge in [0.2, 0.25) is 6.10 Å². The normalized spacial score (nSPS) is 16.5. The third-order valence-corrected chi connectivity index (χ3v) is 3.11. The van der Waals surface area contributed by atoms with Gasteiger partial charge < -0.3 is 14.8 Å². The van der Waals surface area contributed by atoms with Gasteiger partial charge in [0.25, 0.3) is 5.91 Å². The topological polar surface area (TPSA) is 47.6 Å². The summed E-state index contributed by atoms with van der Waals surface area (Å²) in [5.74, 6) is 1.13. The van der Waals surface area contributed by atoms with Gasteiger partial charge >= 0.3 is 0 Å². The van der Waals surface area contributed by atoms with Crippen LogP contribution in [0.2, 0.25) is 0 Å². The molecule has 20 heavy (non-hydrogen) atoms. The predicted octanol–water partition coefficient (Wildman–Crippen LogP) is 2.14. The number of hydrogen-bond acceptors (Lipinski definition) is 3. The van der Waals surface area contributed by atoms with E-state index >= 15 is 0 Å². The van der Waals surface area contributed by atoms with E-state index in [4.69, 9.17) is 9.47 Å². The molecule has 0 aliphatic carbocycles. The molecule has 1 aliphatic heterocycles. The Morgan fingerprint density at radius 1 is 1.05 bits per heavy atom. The number of carbonyl (C=O) groups is 1. The van der Waals surface area contributed by atoms with Crippen molar-refractivity contribution in [2.24, 2.45) is 0 Å². The quantitative estimate of drug-likeness (QED) is 0.928. The fraction of sp³-hybridized carbons (Fsp3) is 0.188. The van der Waals surface area contributed by atoms with Gasteiger partial charge in [0, 0.05) is 6.54 Å². The maximum absolute atomic E-state index is 12.1. The van der Waals surface area contributed by atoms with E-state index in [1.807, 2.05) is 48.5 Å². The van der Waals surface area contributed by atoms with Crippen LogP contribution in [-0.4, -0.2) is 18.6 Å². The molecule has 0 unspecified atom stereocenters. The minimum absolute atomic E-state index is 0.164. The number of nitrogens with one attached hydrogen (secondary N) is 1. The average Bonchev–Trinajstić information content (AvgIpc) is 2.53. The van der Waals surface area contributed by atoms with Crippen molar-refractivity contribution in [1.82, 2.24) is 5.32 Å². The summed E-state index contributed by atoms with van der Waals surface area (Å²) in [5.41, 5.74) is 1.05. The van der Waals surface area contributed by atoms with Crippen LogP contribution in [0.25, 0.3) is 0 Å². The summed E-state index contributed by atoms with van der Waals surface area (Å²) in [6, 6.07) is 17.1. The third-order valence-electron chi connectivity index (χ3n) is 3.11. The number of fused-ring (bicyclic) bond motifs is 1. The van der Waals surface area contributed by atoms with E-state index in [1.165, 1.54) is 0 Å². The van der Waals surface area contributed by atoms with Gasteiger partial charge in [0.1, 0.15) is 6.61 Å². The summed E-state index contributed by atoms with van der Waals surface area (Å²) in [7, 11) is 0. The summed E-state index contributed by atoms with van der Waals surface area (Å²) < 4.78 is 11.2. The fourth-order valence-corrected chi connectivity index (χ4v) is 2.05. The molecule has 0 bridgehead atoms. The van der Waals surface area contributed by atoms with Crippen molar-refractivity contribution in [3.8, 4) is 11.5 Å². The van der Waals surface area contributed by atoms with Crippen molar-refractivity contribution in [3.05, 3.63) is 60.2 Å². The van der Waals surface area contributed by atoms with Gasteiger partial charge in [-0.2, -0.15) is 0 Å². The summed E-state index contributed by atoms with van der Waals surface area (Å²) in [6.45, 7) is 0.721. The van der Waals surface area contributed by atoms with Gasteiger partial charge in [-0.25, -0.2) is 0 Å². The molecule has 2 aromatic carbocycles. The van der Waals surface area contributed by atoms with E-state index in [2.05, 4.69) is 5.32 Å². The van der Waals surface area contributed by atoms with E-state index in [0.29, 0.717) is 18.0 Å². The number of ether oxygens (including phenoxy) is 2. The Labute approximate surface area is 117 Å². The van der Waals surface area contributed by atoms with Crippen molar-refractivity contribution < 1.29 is 14.3 Å². The third kappa shape index (κ3) is 2.74. The Hall–Kier alpha value is -2.49. The standard InChI is InChI=1S/C16H15NO3/c18-16(17-10-12-6-2-1-3-7-12)15-11-19-13-8-4-5-9-14(13)20-15/h1-9,15H,10-11H2,(H,17,18)/t15-/m1/s1. The molecule has 3 rings (SSSR count). The smallest absolute Gasteiger partial charge is 0.264 e. The Bertz CT molecular complexity index is 598. The molecule has 0 saturated heterocycles. The monoisotopic (exact) mass is 269 g/mol. The first-order chi connectivity index (χ1) is 9.83. The second-order valence-electron chi connectivity index (χ2n) is 4.57. The van der Waals surface area contributed by atoms with Gasteiger partial charge in [-0.15, -0.1) is 0 Å². The van der Waals surface area contributed by atoms with Crippen molar-refractivity contribution in [3.63, 3.8) is 0 Å². The Morgan fingerprint density at radius 3 is 2.55 bits per heavy atom. The van der Waals surface area contributed by atoms with Gasteiger partial charge in [0.05, 0.1) is 0 Å². The van der Waals surface area contributed by atoms with Crippen molar-refractivity contribution in [2.45, 2.75) is 12.6 Å². The van der Waals surface area contributed by atoms with Crippen LogP contribution in [0.5, 0.6) is 11.5 Å². The van der Waals surface area contributed by atoms with Crippen LogP contribution in [0.15, 0.2) is 54.6 Å². The first kappa shape index (κ1) is 12.5. The summed E-state index contributed by atoms with van der Waals surface area (Å²) in [5, 5.41) is 2.86. The molecule has 1 atom stereocenters. The Morgan fingerprint density at radius 2 is 1.75 bits per heavy atom. The predicted molar refractivity (Wildman–Crippen MR) is 74.6 cm³/mol. The number of amides is 1. The molecule has 1 N–H and O–H groups in total. The molecular formula is C16H15NO3. The molecule has 1 heterocycles.